The first-order valence-corrected chi connectivity index (χ1v) is 8.67. The zero-order valence-electron chi connectivity index (χ0n) is 15.6. The van der Waals surface area contributed by atoms with Gasteiger partial charge in [-0.1, -0.05) is 38.1 Å². The van der Waals surface area contributed by atoms with Crippen molar-refractivity contribution in [1.82, 2.24) is 9.97 Å². The first-order valence-electron chi connectivity index (χ1n) is 8.67. The lowest BCUT2D eigenvalue weighted by molar-refractivity contribution is 0.464. The van der Waals surface area contributed by atoms with Crippen LogP contribution in [0.15, 0.2) is 48.8 Å². The Labute approximate surface area is 154 Å². The van der Waals surface area contributed by atoms with Gasteiger partial charge >= 0.3 is 0 Å². The number of ether oxygens (including phenoxy) is 1. The van der Waals surface area contributed by atoms with Crippen molar-refractivity contribution in [2.75, 3.05) is 11.1 Å². The van der Waals surface area contributed by atoms with Crippen LogP contribution < -0.4 is 15.8 Å². The summed E-state index contributed by atoms with van der Waals surface area (Å²) >= 11 is 0. The lowest BCUT2D eigenvalue weighted by Gasteiger charge is -2.14. The first-order chi connectivity index (χ1) is 12.5. The fourth-order valence-electron chi connectivity index (χ4n) is 2.61. The normalized spacial score (nSPS) is 10.8. The van der Waals surface area contributed by atoms with Gasteiger partial charge in [-0.2, -0.15) is 4.98 Å². The minimum Gasteiger partial charge on any atom is -0.437 e. The summed E-state index contributed by atoms with van der Waals surface area (Å²) in [6.07, 6.45) is 1.45. The number of nitrogens with one attached hydrogen (secondary N) is 1. The largest absolute Gasteiger partial charge is 0.437 e. The quantitative estimate of drug-likeness (QED) is 0.651. The highest BCUT2D eigenvalue weighted by molar-refractivity contribution is 5.74. The van der Waals surface area contributed by atoms with E-state index in [0.29, 0.717) is 29.1 Å². The summed E-state index contributed by atoms with van der Waals surface area (Å²) in [5.74, 6) is 2.03. The van der Waals surface area contributed by atoms with Crippen LogP contribution in [-0.2, 0) is 0 Å². The summed E-state index contributed by atoms with van der Waals surface area (Å²) < 4.78 is 5.86. The van der Waals surface area contributed by atoms with Crippen LogP contribution >= 0.6 is 0 Å². The van der Waals surface area contributed by atoms with Crippen molar-refractivity contribution < 1.29 is 4.74 Å². The van der Waals surface area contributed by atoms with Crippen LogP contribution in [0.1, 0.15) is 36.5 Å². The molecule has 0 bridgehead atoms. The summed E-state index contributed by atoms with van der Waals surface area (Å²) in [5.41, 5.74) is 11.2. The molecule has 0 spiro atoms. The molecule has 5 heteroatoms. The maximum Gasteiger partial charge on any atom is 0.248 e. The third-order valence-electron chi connectivity index (χ3n) is 4.47. The number of nitrogens with zero attached hydrogens (tertiary/aromatic N) is 2. The van der Waals surface area contributed by atoms with Gasteiger partial charge in [0.1, 0.15) is 17.8 Å². The summed E-state index contributed by atoms with van der Waals surface area (Å²) in [4.78, 5) is 8.43. The number of hydrogen-bond acceptors (Lipinski definition) is 5. The van der Waals surface area contributed by atoms with Gasteiger partial charge in [0, 0.05) is 5.69 Å². The van der Waals surface area contributed by atoms with E-state index in [9.17, 15) is 0 Å². The van der Waals surface area contributed by atoms with E-state index >= 15 is 0 Å². The fraction of sp³-hybridized carbons (Fsp3) is 0.238. The molecule has 26 heavy (non-hydrogen) atoms. The molecule has 1 aromatic heterocycles. The van der Waals surface area contributed by atoms with Gasteiger partial charge in [0.2, 0.25) is 5.88 Å². The van der Waals surface area contributed by atoms with Crippen molar-refractivity contribution in [2.24, 2.45) is 0 Å². The van der Waals surface area contributed by atoms with Crippen LogP contribution in [0, 0.1) is 13.8 Å². The number of aryl methyl sites for hydroxylation is 1. The number of nitrogens with two attached hydrogens (primary N) is 1. The molecule has 0 atom stereocenters. The van der Waals surface area contributed by atoms with E-state index in [0.717, 1.165) is 11.3 Å². The van der Waals surface area contributed by atoms with Gasteiger partial charge in [-0.15, -0.1) is 0 Å². The molecular formula is C21H24N4O. The molecule has 3 N–H and O–H groups in total. The number of anilines is 3. The van der Waals surface area contributed by atoms with Crippen LogP contribution in [0.25, 0.3) is 0 Å². The van der Waals surface area contributed by atoms with Crippen LogP contribution in [0.5, 0.6) is 11.6 Å². The second kappa shape index (κ2) is 7.44. The molecule has 3 aromatic rings. The maximum atomic E-state index is 6.23. The van der Waals surface area contributed by atoms with Gasteiger partial charge in [0.25, 0.3) is 0 Å². The number of aromatic nitrogens is 2. The third-order valence-corrected chi connectivity index (χ3v) is 4.47. The van der Waals surface area contributed by atoms with E-state index in [1.54, 1.807) is 0 Å². The highest BCUT2D eigenvalue weighted by atomic mass is 16.5. The van der Waals surface area contributed by atoms with E-state index in [2.05, 4.69) is 49.0 Å². The Morgan fingerprint density at radius 3 is 2.42 bits per heavy atom. The third kappa shape index (κ3) is 3.77. The lowest BCUT2D eigenvalue weighted by Crippen LogP contribution is -2.04. The predicted molar refractivity (Wildman–Crippen MR) is 106 cm³/mol. The fourth-order valence-corrected chi connectivity index (χ4v) is 2.61. The van der Waals surface area contributed by atoms with Crippen molar-refractivity contribution >= 4 is 17.2 Å². The van der Waals surface area contributed by atoms with E-state index in [4.69, 9.17) is 10.5 Å². The highest BCUT2D eigenvalue weighted by Gasteiger charge is 2.12. The van der Waals surface area contributed by atoms with Crippen molar-refractivity contribution in [3.8, 4) is 11.6 Å². The van der Waals surface area contributed by atoms with Crippen LogP contribution in [-0.4, -0.2) is 9.97 Å². The Hall–Kier alpha value is -3.08. The SMILES string of the molecule is Cc1cccc(Nc2ncnc(Oc3ccc(C(C)C)cc3)c2N)c1C. The van der Waals surface area contributed by atoms with Crippen LogP contribution in [0.3, 0.4) is 0 Å². The Balaban J connectivity index is 1.84. The standard InChI is InChI=1S/C21H24N4O/c1-13(2)16-8-10-17(11-9-16)26-21-19(22)20(23-12-24-21)25-18-7-5-6-14(3)15(18)4/h5-13H,22H2,1-4H3,(H,23,24,25). The van der Waals surface area contributed by atoms with Gasteiger partial charge in [-0.05, 0) is 54.7 Å². The molecule has 0 aliphatic heterocycles. The summed E-state index contributed by atoms with van der Waals surface area (Å²) in [6, 6.07) is 14.0. The van der Waals surface area contributed by atoms with Crippen molar-refractivity contribution in [1.29, 1.82) is 0 Å². The van der Waals surface area contributed by atoms with Crippen molar-refractivity contribution in [3.05, 3.63) is 65.5 Å². The summed E-state index contributed by atoms with van der Waals surface area (Å²) in [6.45, 7) is 8.44. The smallest absolute Gasteiger partial charge is 0.248 e. The molecule has 134 valence electrons. The number of rotatable bonds is 5. The van der Waals surface area contributed by atoms with E-state index in [1.165, 1.54) is 17.5 Å². The average molecular weight is 348 g/mol. The van der Waals surface area contributed by atoms with Crippen molar-refractivity contribution in [2.45, 2.75) is 33.6 Å². The van der Waals surface area contributed by atoms with Gasteiger partial charge in [-0.3, -0.25) is 0 Å². The van der Waals surface area contributed by atoms with Gasteiger partial charge in [0.05, 0.1) is 0 Å². The Bertz CT molecular complexity index is 904. The zero-order valence-corrected chi connectivity index (χ0v) is 15.6. The van der Waals surface area contributed by atoms with E-state index in [1.807, 2.05) is 36.4 Å². The molecule has 0 fully saturated rings. The molecule has 0 saturated heterocycles. The first kappa shape index (κ1) is 17.7. The zero-order chi connectivity index (χ0) is 18.7. The van der Waals surface area contributed by atoms with Crippen LogP contribution in [0.4, 0.5) is 17.2 Å². The minimum atomic E-state index is 0.338. The van der Waals surface area contributed by atoms with Crippen LogP contribution in [0.2, 0.25) is 0 Å². The molecule has 0 amide bonds. The molecule has 0 aliphatic carbocycles. The Kier molecular flexibility index (Phi) is 5.07. The molecule has 0 saturated carbocycles. The van der Waals surface area contributed by atoms with Crippen molar-refractivity contribution in [3.63, 3.8) is 0 Å². The molecule has 1 heterocycles. The molecule has 3 rings (SSSR count). The predicted octanol–water partition coefficient (Wildman–Crippen LogP) is 5.33. The summed E-state index contributed by atoms with van der Waals surface area (Å²) in [7, 11) is 0. The Morgan fingerprint density at radius 2 is 1.73 bits per heavy atom. The second-order valence-electron chi connectivity index (χ2n) is 6.64. The van der Waals surface area contributed by atoms with Gasteiger partial charge in [-0.25, -0.2) is 4.98 Å². The van der Waals surface area contributed by atoms with E-state index in [-0.39, 0.29) is 0 Å². The molecule has 2 aromatic carbocycles. The molecule has 5 nitrogen and oxygen atoms in total. The lowest BCUT2D eigenvalue weighted by atomic mass is 10.0. The summed E-state index contributed by atoms with van der Waals surface area (Å²) in [5, 5.41) is 3.28. The number of hydrogen-bond donors (Lipinski definition) is 2. The molecule has 0 aliphatic rings. The highest BCUT2D eigenvalue weighted by Crippen LogP contribution is 2.32. The second-order valence-corrected chi connectivity index (χ2v) is 6.64. The number of benzene rings is 2. The molecular weight excluding hydrogens is 324 g/mol. The molecule has 0 radical (unpaired) electrons. The maximum absolute atomic E-state index is 6.23. The number of nitrogen functional groups attached to an aromatic ring is 1. The minimum absolute atomic E-state index is 0.338. The van der Waals surface area contributed by atoms with E-state index < -0.39 is 0 Å². The topological polar surface area (TPSA) is 73.1 Å². The van der Waals surface area contributed by atoms with Gasteiger partial charge < -0.3 is 15.8 Å². The van der Waals surface area contributed by atoms with Gasteiger partial charge in [0.15, 0.2) is 5.82 Å². The average Bonchev–Trinajstić information content (AvgIpc) is 2.62. The monoisotopic (exact) mass is 348 g/mol. The molecule has 0 unspecified atom stereocenters. The Morgan fingerprint density at radius 1 is 1.00 bits per heavy atom.